The van der Waals surface area contributed by atoms with Crippen molar-refractivity contribution >= 4 is 11.9 Å². The molecule has 0 saturated carbocycles. The lowest BCUT2D eigenvalue weighted by Gasteiger charge is -2.10. The quantitative estimate of drug-likeness (QED) is 0.385. The van der Waals surface area contributed by atoms with Crippen molar-refractivity contribution in [2.75, 3.05) is 6.61 Å². The zero-order valence-corrected chi connectivity index (χ0v) is 12.0. The Hall–Kier alpha value is -1.76. The highest BCUT2D eigenvalue weighted by Crippen LogP contribution is 2.03. The minimum Gasteiger partial charge on any atom is -0.465 e. The smallest absolute Gasteiger partial charge is 0.307 e. The SMILES string of the molecule is C=C(C)CCOC(=O)CCC(=O)OC(C#CC)CC. The monoisotopic (exact) mass is 266 g/mol. The van der Waals surface area contributed by atoms with Gasteiger partial charge in [-0.25, -0.2) is 0 Å². The predicted octanol–water partition coefficient (Wildman–Crippen LogP) is 2.62. The van der Waals surface area contributed by atoms with Crippen LogP contribution in [0.25, 0.3) is 0 Å². The van der Waals surface area contributed by atoms with E-state index in [-0.39, 0.29) is 12.8 Å². The highest BCUT2D eigenvalue weighted by atomic mass is 16.5. The average molecular weight is 266 g/mol. The third-order valence-electron chi connectivity index (χ3n) is 2.27. The third-order valence-corrected chi connectivity index (χ3v) is 2.27. The van der Waals surface area contributed by atoms with Crippen molar-refractivity contribution in [3.05, 3.63) is 12.2 Å². The lowest BCUT2D eigenvalue weighted by molar-refractivity contribution is -0.152. The van der Waals surface area contributed by atoms with E-state index < -0.39 is 18.0 Å². The first-order chi connectivity index (χ1) is 8.99. The number of hydrogen-bond donors (Lipinski definition) is 0. The van der Waals surface area contributed by atoms with Crippen molar-refractivity contribution in [2.24, 2.45) is 0 Å². The molecule has 0 saturated heterocycles. The van der Waals surface area contributed by atoms with Gasteiger partial charge in [0.1, 0.15) is 0 Å². The summed E-state index contributed by atoms with van der Waals surface area (Å²) in [6, 6.07) is 0. The second kappa shape index (κ2) is 10.2. The molecule has 4 nitrogen and oxygen atoms in total. The summed E-state index contributed by atoms with van der Waals surface area (Å²) in [6.45, 7) is 9.45. The topological polar surface area (TPSA) is 52.6 Å². The maximum Gasteiger partial charge on any atom is 0.307 e. The van der Waals surface area contributed by atoms with Gasteiger partial charge in [0.2, 0.25) is 0 Å². The fourth-order valence-electron chi connectivity index (χ4n) is 1.21. The van der Waals surface area contributed by atoms with Gasteiger partial charge in [-0.15, -0.1) is 12.5 Å². The number of ether oxygens (including phenoxy) is 2. The van der Waals surface area contributed by atoms with Crippen LogP contribution in [0, 0.1) is 11.8 Å². The molecule has 0 aromatic rings. The molecular weight excluding hydrogens is 244 g/mol. The van der Waals surface area contributed by atoms with Crippen LogP contribution in [0.15, 0.2) is 12.2 Å². The Morgan fingerprint density at radius 3 is 2.37 bits per heavy atom. The largest absolute Gasteiger partial charge is 0.465 e. The molecule has 0 aliphatic rings. The lowest BCUT2D eigenvalue weighted by atomic mass is 10.2. The molecule has 0 aromatic carbocycles. The average Bonchev–Trinajstić information content (AvgIpc) is 2.35. The van der Waals surface area contributed by atoms with E-state index in [4.69, 9.17) is 9.47 Å². The Labute approximate surface area is 115 Å². The van der Waals surface area contributed by atoms with E-state index in [0.717, 1.165) is 5.57 Å². The molecular formula is C15H22O4. The molecule has 0 rings (SSSR count). The van der Waals surface area contributed by atoms with Gasteiger partial charge in [-0.2, -0.15) is 0 Å². The van der Waals surface area contributed by atoms with E-state index in [1.165, 1.54) is 0 Å². The first-order valence-electron chi connectivity index (χ1n) is 6.41. The van der Waals surface area contributed by atoms with Gasteiger partial charge in [-0.3, -0.25) is 9.59 Å². The van der Waals surface area contributed by atoms with Gasteiger partial charge in [-0.05, 0) is 20.3 Å². The summed E-state index contributed by atoms with van der Waals surface area (Å²) in [6.07, 6.45) is 0.936. The number of hydrogen-bond acceptors (Lipinski definition) is 4. The molecule has 0 amide bonds. The first kappa shape index (κ1) is 17.2. The van der Waals surface area contributed by atoms with Crippen LogP contribution < -0.4 is 0 Å². The van der Waals surface area contributed by atoms with Gasteiger partial charge < -0.3 is 9.47 Å². The lowest BCUT2D eigenvalue weighted by Crippen LogP contribution is -2.17. The minimum atomic E-state index is -0.425. The van der Waals surface area contributed by atoms with E-state index >= 15 is 0 Å². The van der Waals surface area contributed by atoms with Crippen LogP contribution >= 0.6 is 0 Å². The van der Waals surface area contributed by atoms with Crippen LogP contribution in [-0.2, 0) is 19.1 Å². The number of carbonyl (C=O) groups excluding carboxylic acids is 2. The van der Waals surface area contributed by atoms with Crippen molar-refractivity contribution in [3.63, 3.8) is 0 Å². The number of rotatable bonds is 8. The summed E-state index contributed by atoms with van der Waals surface area (Å²) in [4.78, 5) is 22.8. The molecule has 0 aliphatic heterocycles. The Morgan fingerprint density at radius 2 is 1.84 bits per heavy atom. The fraction of sp³-hybridized carbons (Fsp3) is 0.600. The van der Waals surface area contributed by atoms with E-state index in [1.807, 2.05) is 13.8 Å². The second-order valence-electron chi connectivity index (χ2n) is 4.21. The minimum absolute atomic E-state index is 0.0216. The molecule has 0 radical (unpaired) electrons. The Kier molecular flexibility index (Phi) is 9.25. The van der Waals surface area contributed by atoms with Gasteiger partial charge in [0.15, 0.2) is 6.10 Å². The van der Waals surface area contributed by atoms with Crippen LogP contribution in [0.1, 0.15) is 46.5 Å². The number of carbonyl (C=O) groups is 2. The van der Waals surface area contributed by atoms with Crippen LogP contribution in [0.3, 0.4) is 0 Å². The van der Waals surface area contributed by atoms with Gasteiger partial charge in [0, 0.05) is 6.42 Å². The maximum atomic E-state index is 11.5. The van der Waals surface area contributed by atoms with E-state index in [2.05, 4.69) is 18.4 Å². The molecule has 0 aromatic heterocycles. The molecule has 4 heteroatoms. The van der Waals surface area contributed by atoms with Gasteiger partial charge in [-0.1, -0.05) is 18.4 Å². The summed E-state index contributed by atoms with van der Waals surface area (Å²) in [5, 5.41) is 0. The molecule has 1 unspecified atom stereocenters. The number of esters is 2. The maximum absolute atomic E-state index is 11.5. The van der Waals surface area contributed by atoms with Gasteiger partial charge in [0.05, 0.1) is 19.4 Å². The molecule has 0 spiro atoms. The zero-order chi connectivity index (χ0) is 14.7. The van der Waals surface area contributed by atoms with E-state index in [0.29, 0.717) is 19.4 Å². The first-order valence-corrected chi connectivity index (χ1v) is 6.41. The molecule has 0 heterocycles. The summed E-state index contributed by atoms with van der Waals surface area (Å²) >= 11 is 0. The van der Waals surface area contributed by atoms with Crippen molar-refractivity contribution in [2.45, 2.75) is 52.6 Å². The van der Waals surface area contributed by atoms with Crippen LogP contribution in [-0.4, -0.2) is 24.6 Å². The van der Waals surface area contributed by atoms with E-state index in [1.54, 1.807) is 6.92 Å². The molecule has 106 valence electrons. The fourth-order valence-corrected chi connectivity index (χ4v) is 1.21. The molecule has 19 heavy (non-hydrogen) atoms. The van der Waals surface area contributed by atoms with Crippen molar-refractivity contribution in [1.29, 1.82) is 0 Å². The third kappa shape index (κ3) is 9.90. The summed E-state index contributed by atoms with van der Waals surface area (Å²) in [5.41, 5.74) is 0.955. The highest BCUT2D eigenvalue weighted by Gasteiger charge is 2.12. The standard InChI is InChI=1S/C15H22O4/c1-5-7-13(6-2)19-15(17)9-8-14(16)18-11-10-12(3)4/h13H,3,6,8-11H2,1-2,4H3. The van der Waals surface area contributed by atoms with Gasteiger partial charge >= 0.3 is 11.9 Å². The van der Waals surface area contributed by atoms with Crippen LogP contribution in [0.2, 0.25) is 0 Å². The van der Waals surface area contributed by atoms with Gasteiger partial charge in [0.25, 0.3) is 0 Å². The predicted molar refractivity (Wildman–Crippen MR) is 73.2 cm³/mol. The zero-order valence-electron chi connectivity index (χ0n) is 12.0. The Bertz CT molecular complexity index is 373. The second-order valence-corrected chi connectivity index (χ2v) is 4.21. The Morgan fingerprint density at radius 1 is 1.21 bits per heavy atom. The van der Waals surface area contributed by atoms with Crippen molar-refractivity contribution in [1.82, 2.24) is 0 Å². The molecule has 0 fully saturated rings. The van der Waals surface area contributed by atoms with Crippen molar-refractivity contribution < 1.29 is 19.1 Å². The summed E-state index contributed by atoms with van der Waals surface area (Å²) in [7, 11) is 0. The van der Waals surface area contributed by atoms with Crippen LogP contribution in [0.4, 0.5) is 0 Å². The summed E-state index contributed by atoms with van der Waals surface area (Å²) in [5.74, 6) is 4.66. The Balaban J connectivity index is 3.85. The molecule has 0 aliphatic carbocycles. The molecule has 0 N–H and O–H groups in total. The highest BCUT2D eigenvalue weighted by molar-refractivity contribution is 5.77. The van der Waals surface area contributed by atoms with Crippen LogP contribution in [0.5, 0.6) is 0 Å². The summed E-state index contributed by atoms with van der Waals surface area (Å²) < 4.78 is 10.0. The van der Waals surface area contributed by atoms with Crippen molar-refractivity contribution in [3.8, 4) is 11.8 Å². The molecule has 1 atom stereocenters. The normalized spacial score (nSPS) is 10.9. The van der Waals surface area contributed by atoms with E-state index in [9.17, 15) is 9.59 Å². The molecule has 0 bridgehead atoms.